The van der Waals surface area contributed by atoms with Gasteiger partial charge in [0.1, 0.15) is 11.5 Å². The van der Waals surface area contributed by atoms with Crippen molar-refractivity contribution in [3.63, 3.8) is 0 Å². The van der Waals surface area contributed by atoms with Crippen LogP contribution in [0.15, 0.2) is 30.3 Å². The van der Waals surface area contributed by atoms with Crippen molar-refractivity contribution in [1.29, 1.82) is 0 Å². The van der Waals surface area contributed by atoms with E-state index in [1.807, 2.05) is 36.4 Å². The summed E-state index contributed by atoms with van der Waals surface area (Å²) in [7, 11) is 1.64. The first-order chi connectivity index (χ1) is 6.72. The number of hydrogen-bond donors (Lipinski definition) is 0. The van der Waals surface area contributed by atoms with Crippen LogP contribution in [0.5, 0.6) is 5.75 Å². The second kappa shape index (κ2) is 5.22. The van der Waals surface area contributed by atoms with Crippen LogP contribution in [0.1, 0.15) is 18.9 Å². The minimum atomic E-state index is 0.176. The van der Waals surface area contributed by atoms with Crippen molar-refractivity contribution >= 4 is 11.9 Å². The predicted molar refractivity (Wildman–Crippen MR) is 57.3 cm³/mol. The number of methoxy groups -OCH3 is 1. The van der Waals surface area contributed by atoms with Crippen molar-refractivity contribution in [2.45, 2.75) is 13.3 Å². The van der Waals surface area contributed by atoms with Gasteiger partial charge in [-0.1, -0.05) is 24.3 Å². The zero-order valence-electron chi connectivity index (χ0n) is 8.49. The summed E-state index contributed by atoms with van der Waals surface area (Å²) >= 11 is 0. The lowest BCUT2D eigenvalue weighted by Gasteiger charge is -1.98. The molecule has 0 amide bonds. The molecule has 0 aliphatic heterocycles. The molecule has 0 bridgehead atoms. The van der Waals surface area contributed by atoms with Crippen LogP contribution in [-0.4, -0.2) is 12.9 Å². The smallest absolute Gasteiger partial charge is 0.133 e. The molecule has 0 saturated heterocycles. The minimum Gasteiger partial charge on any atom is -0.497 e. The number of carbonyl (C=O) groups excluding carboxylic acids is 1. The van der Waals surface area contributed by atoms with Crippen LogP contribution in [0.2, 0.25) is 0 Å². The van der Waals surface area contributed by atoms with Crippen LogP contribution in [-0.2, 0) is 4.79 Å². The highest BCUT2D eigenvalue weighted by Gasteiger charge is 1.90. The summed E-state index contributed by atoms with van der Waals surface area (Å²) < 4.78 is 5.03. The Morgan fingerprint density at radius 1 is 1.36 bits per heavy atom. The summed E-state index contributed by atoms with van der Waals surface area (Å²) in [5, 5.41) is 0. The summed E-state index contributed by atoms with van der Waals surface area (Å²) in [6.45, 7) is 1.58. The van der Waals surface area contributed by atoms with E-state index < -0.39 is 0 Å². The molecule has 0 fully saturated rings. The van der Waals surface area contributed by atoms with Gasteiger partial charge in [-0.05, 0) is 24.6 Å². The molecule has 2 nitrogen and oxygen atoms in total. The molecule has 1 rings (SSSR count). The molecule has 14 heavy (non-hydrogen) atoms. The van der Waals surface area contributed by atoms with E-state index >= 15 is 0 Å². The Bertz CT molecular complexity index is 323. The minimum absolute atomic E-state index is 0.176. The van der Waals surface area contributed by atoms with E-state index in [1.54, 1.807) is 14.0 Å². The van der Waals surface area contributed by atoms with Crippen molar-refractivity contribution in [3.05, 3.63) is 35.9 Å². The predicted octanol–water partition coefficient (Wildman–Crippen LogP) is 2.69. The van der Waals surface area contributed by atoms with Gasteiger partial charge in [-0.3, -0.25) is 4.79 Å². The summed E-state index contributed by atoms with van der Waals surface area (Å²) in [6, 6.07) is 7.70. The van der Waals surface area contributed by atoms with Gasteiger partial charge < -0.3 is 4.74 Å². The standard InChI is InChI=1S/C12H14O2/c1-10(13)4-3-5-11-6-8-12(14-2)9-7-11/h3,5-9H,4H2,1-2H3/b5-3+. The summed E-state index contributed by atoms with van der Waals surface area (Å²) in [5.41, 5.74) is 1.08. The maximum Gasteiger partial charge on any atom is 0.133 e. The topological polar surface area (TPSA) is 26.3 Å². The first kappa shape index (κ1) is 10.5. The van der Waals surface area contributed by atoms with Gasteiger partial charge in [-0.15, -0.1) is 0 Å². The normalized spacial score (nSPS) is 10.4. The van der Waals surface area contributed by atoms with Crippen molar-refractivity contribution in [3.8, 4) is 5.75 Å². The zero-order chi connectivity index (χ0) is 10.4. The largest absolute Gasteiger partial charge is 0.497 e. The number of Topliss-reactive ketones (excluding diaryl/α,β-unsaturated/α-hetero) is 1. The average molecular weight is 190 g/mol. The van der Waals surface area contributed by atoms with E-state index in [9.17, 15) is 4.79 Å². The van der Waals surface area contributed by atoms with E-state index in [1.165, 1.54) is 0 Å². The molecule has 0 saturated carbocycles. The number of benzene rings is 1. The van der Waals surface area contributed by atoms with Crippen molar-refractivity contribution in [2.24, 2.45) is 0 Å². The van der Waals surface area contributed by atoms with Crippen LogP contribution in [0.3, 0.4) is 0 Å². The number of carbonyl (C=O) groups is 1. The third-order valence-electron chi connectivity index (χ3n) is 1.83. The Labute approximate surface area is 84.2 Å². The highest BCUT2D eigenvalue weighted by molar-refractivity contribution is 5.78. The molecule has 2 heteroatoms. The average Bonchev–Trinajstić information content (AvgIpc) is 2.18. The Morgan fingerprint density at radius 2 is 2.00 bits per heavy atom. The summed E-state index contributed by atoms with van der Waals surface area (Å²) in [4.78, 5) is 10.7. The second-order valence-corrected chi connectivity index (χ2v) is 3.08. The van der Waals surface area contributed by atoms with Crippen molar-refractivity contribution in [2.75, 3.05) is 7.11 Å². The lowest BCUT2D eigenvalue weighted by molar-refractivity contribution is -0.116. The van der Waals surface area contributed by atoms with Gasteiger partial charge in [0.2, 0.25) is 0 Å². The zero-order valence-corrected chi connectivity index (χ0v) is 8.49. The maximum atomic E-state index is 10.7. The van der Waals surface area contributed by atoms with Gasteiger partial charge in [0.05, 0.1) is 7.11 Å². The molecule has 1 aromatic carbocycles. The van der Waals surface area contributed by atoms with E-state index in [0.717, 1.165) is 11.3 Å². The molecule has 0 aliphatic rings. The monoisotopic (exact) mass is 190 g/mol. The third kappa shape index (κ3) is 3.44. The fourth-order valence-electron chi connectivity index (χ4n) is 1.08. The third-order valence-corrected chi connectivity index (χ3v) is 1.83. The number of ketones is 1. The molecule has 0 radical (unpaired) electrons. The van der Waals surface area contributed by atoms with Crippen LogP contribution in [0, 0.1) is 0 Å². The van der Waals surface area contributed by atoms with E-state index in [4.69, 9.17) is 4.74 Å². The van der Waals surface area contributed by atoms with E-state index in [2.05, 4.69) is 0 Å². The van der Waals surface area contributed by atoms with Crippen LogP contribution in [0.25, 0.3) is 6.08 Å². The molecular formula is C12H14O2. The Balaban J connectivity index is 2.59. The van der Waals surface area contributed by atoms with Gasteiger partial charge in [0, 0.05) is 6.42 Å². The van der Waals surface area contributed by atoms with Gasteiger partial charge in [0.15, 0.2) is 0 Å². The molecule has 0 unspecified atom stereocenters. The number of ether oxygens (including phenoxy) is 1. The fraction of sp³-hybridized carbons (Fsp3) is 0.250. The van der Waals surface area contributed by atoms with Gasteiger partial charge in [0.25, 0.3) is 0 Å². The second-order valence-electron chi connectivity index (χ2n) is 3.08. The quantitative estimate of drug-likeness (QED) is 0.729. The first-order valence-electron chi connectivity index (χ1n) is 4.52. The van der Waals surface area contributed by atoms with Gasteiger partial charge in [-0.2, -0.15) is 0 Å². The summed E-state index contributed by atoms with van der Waals surface area (Å²) in [6.07, 6.45) is 4.29. The molecule has 0 aromatic heterocycles. The van der Waals surface area contributed by atoms with Crippen molar-refractivity contribution < 1.29 is 9.53 Å². The Morgan fingerprint density at radius 3 is 2.50 bits per heavy atom. The number of allylic oxidation sites excluding steroid dienone is 1. The Kier molecular flexibility index (Phi) is 3.92. The Hall–Kier alpha value is -1.57. The molecular weight excluding hydrogens is 176 g/mol. The highest BCUT2D eigenvalue weighted by Crippen LogP contribution is 2.12. The lowest BCUT2D eigenvalue weighted by atomic mass is 10.2. The van der Waals surface area contributed by atoms with E-state index in [-0.39, 0.29) is 5.78 Å². The molecule has 1 aromatic rings. The van der Waals surface area contributed by atoms with Crippen LogP contribution in [0.4, 0.5) is 0 Å². The molecule has 0 aliphatic carbocycles. The van der Waals surface area contributed by atoms with Crippen molar-refractivity contribution in [1.82, 2.24) is 0 Å². The van der Waals surface area contributed by atoms with Crippen LogP contribution >= 0.6 is 0 Å². The number of hydrogen-bond acceptors (Lipinski definition) is 2. The molecule has 0 N–H and O–H groups in total. The molecule has 0 heterocycles. The molecule has 0 spiro atoms. The number of rotatable bonds is 4. The van der Waals surface area contributed by atoms with Gasteiger partial charge >= 0.3 is 0 Å². The van der Waals surface area contributed by atoms with Gasteiger partial charge in [-0.25, -0.2) is 0 Å². The first-order valence-corrected chi connectivity index (χ1v) is 4.52. The fourth-order valence-corrected chi connectivity index (χ4v) is 1.08. The van der Waals surface area contributed by atoms with Crippen LogP contribution < -0.4 is 4.74 Å². The lowest BCUT2D eigenvalue weighted by Crippen LogP contribution is -1.84. The molecule has 74 valence electrons. The molecule has 0 atom stereocenters. The maximum absolute atomic E-state index is 10.7. The SMILES string of the molecule is COc1ccc(/C=C/CC(C)=O)cc1. The summed E-state index contributed by atoms with van der Waals surface area (Å²) in [5.74, 6) is 1.02. The van der Waals surface area contributed by atoms with E-state index in [0.29, 0.717) is 6.42 Å². The highest BCUT2D eigenvalue weighted by atomic mass is 16.5.